The van der Waals surface area contributed by atoms with Crippen molar-refractivity contribution in [3.05, 3.63) is 53.5 Å². The quantitative estimate of drug-likeness (QED) is 0.851. The van der Waals surface area contributed by atoms with E-state index >= 15 is 0 Å². The third-order valence-corrected chi connectivity index (χ3v) is 4.12. The summed E-state index contributed by atoms with van der Waals surface area (Å²) in [6.45, 7) is 2.77. The number of halogens is 1. The second-order valence-electron chi connectivity index (χ2n) is 5.59. The summed E-state index contributed by atoms with van der Waals surface area (Å²) in [6.07, 6.45) is 2.51. The van der Waals surface area contributed by atoms with Crippen molar-refractivity contribution in [2.75, 3.05) is 36.0 Å². The number of nitriles is 2. The summed E-state index contributed by atoms with van der Waals surface area (Å²) in [7, 11) is 0. The Morgan fingerprint density at radius 1 is 1.00 bits per heavy atom. The highest BCUT2D eigenvalue weighted by molar-refractivity contribution is 5.55. The summed E-state index contributed by atoms with van der Waals surface area (Å²) >= 11 is 0. The van der Waals surface area contributed by atoms with E-state index in [2.05, 4.69) is 16.0 Å². The standard InChI is InChI=1S/C18H16FN5/c19-16-11-14(12-20)4-5-17(16)23-7-2-8-24(10-9-23)18-15(13-21)3-1-6-22-18/h1,3-6,11H,2,7-10H2. The normalized spacial score (nSPS) is 14.6. The van der Waals surface area contributed by atoms with Gasteiger partial charge in [0.2, 0.25) is 0 Å². The molecule has 1 aromatic carbocycles. The number of nitrogens with zero attached hydrogens (tertiary/aromatic N) is 5. The first-order valence-corrected chi connectivity index (χ1v) is 7.77. The molecule has 0 atom stereocenters. The fraction of sp³-hybridized carbons (Fsp3) is 0.278. The largest absolute Gasteiger partial charge is 0.367 e. The molecule has 2 aromatic rings. The van der Waals surface area contributed by atoms with Crippen molar-refractivity contribution in [1.82, 2.24) is 4.98 Å². The Morgan fingerprint density at radius 2 is 1.79 bits per heavy atom. The number of hydrogen-bond donors (Lipinski definition) is 0. The molecule has 0 unspecified atom stereocenters. The molecular formula is C18H16FN5. The molecule has 0 bridgehead atoms. The molecular weight excluding hydrogens is 305 g/mol. The first-order chi connectivity index (χ1) is 11.7. The SMILES string of the molecule is N#Cc1ccc(N2CCCN(c3ncccc3C#N)CC2)c(F)c1. The molecule has 24 heavy (non-hydrogen) atoms. The van der Waals surface area contributed by atoms with Gasteiger partial charge in [0.25, 0.3) is 0 Å². The number of aromatic nitrogens is 1. The Kier molecular flexibility index (Phi) is 4.58. The van der Waals surface area contributed by atoms with Crippen LogP contribution in [0.25, 0.3) is 0 Å². The molecule has 6 heteroatoms. The molecule has 120 valence electrons. The maximum atomic E-state index is 14.2. The van der Waals surface area contributed by atoms with Gasteiger partial charge in [-0.15, -0.1) is 0 Å². The van der Waals surface area contributed by atoms with Gasteiger partial charge in [0.1, 0.15) is 17.7 Å². The maximum absolute atomic E-state index is 14.2. The van der Waals surface area contributed by atoms with E-state index in [1.54, 1.807) is 30.5 Å². The Morgan fingerprint density at radius 3 is 2.54 bits per heavy atom. The van der Waals surface area contributed by atoms with Crippen LogP contribution in [0.2, 0.25) is 0 Å². The molecule has 2 heterocycles. The summed E-state index contributed by atoms with van der Waals surface area (Å²) in [5, 5.41) is 18.1. The molecule has 1 aliphatic rings. The van der Waals surface area contributed by atoms with Crippen LogP contribution in [0.3, 0.4) is 0 Å². The van der Waals surface area contributed by atoms with E-state index in [9.17, 15) is 9.65 Å². The van der Waals surface area contributed by atoms with Gasteiger partial charge in [0.05, 0.1) is 22.9 Å². The zero-order chi connectivity index (χ0) is 16.9. The number of anilines is 2. The highest BCUT2D eigenvalue weighted by atomic mass is 19.1. The fourth-order valence-corrected chi connectivity index (χ4v) is 2.94. The molecule has 0 N–H and O–H groups in total. The molecule has 0 saturated carbocycles. The molecule has 3 rings (SSSR count). The second-order valence-corrected chi connectivity index (χ2v) is 5.59. The van der Waals surface area contributed by atoms with Gasteiger partial charge in [0, 0.05) is 32.4 Å². The lowest BCUT2D eigenvalue weighted by molar-refractivity contribution is 0.618. The van der Waals surface area contributed by atoms with Crippen LogP contribution in [-0.4, -0.2) is 31.2 Å². The summed E-state index contributed by atoms with van der Waals surface area (Å²) in [6, 6.07) is 12.2. The number of benzene rings is 1. The number of pyridine rings is 1. The summed E-state index contributed by atoms with van der Waals surface area (Å²) in [4.78, 5) is 8.37. The zero-order valence-corrected chi connectivity index (χ0v) is 13.1. The van der Waals surface area contributed by atoms with Crippen LogP contribution in [0.15, 0.2) is 36.5 Å². The monoisotopic (exact) mass is 321 g/mol. The van der Waals surface area contributed by atoms with Crippen LogP contribution in [0.1, 0.15) is 17.5 Å². The summed E-state index contributed by atoms with van der Waals surface area (Å²) in [5.74, 6) is 0.306. The van der Waals surface area contributed by atoms with Crippen LogP contribution < -0.4 is 9.80 Å². The van der Waals surface area contributed by atoms with Crippen LogP contribution in [-0.2, 0) is 0 Å². The minimum absolute atomic E-state index is 0.319. The minimum Gasteiger partial charge on any atom is -0.367 e. The van der Waals surface area contributed by atoms with E-state index < -0.39 is 0 Å². The van der Waals surface area contributed by atoms with E-state index in [0.717, 1.165) is 13.0 Å². The fourth-order valence-electron chi connectivity index (χ4n) is 2.94. The molecule has 0 aliphatic carbocycles. The van der Waals surface area contributed by atoms with Crippen LogP contribution >= 0.6 is 0 Å². The zero-order valence-electron chi connectivity index (χ0n) is 13.1. The summed E-state index contributed by atoms with van der Waals surface area (Å²) < 4.78 is 14.2. The Labute approximate surface area is 140 Å². The Balaban J connectivity index is 1.79. The van der Waals surface area contributed by atoms with Gasteiger partial charge in [-0.25, -0.2) is 9.37 Å². The van der Waals surface area contributed by atoms with Crippen molar-refractivity contribution in [3.8, 4) is 12.1 Å². The Bertz CT molecular complexity index is 821. The van der Waals surface area contributed by atoms with Crippen LogP contribution in [0.5, 0.6) is 0 Å². The lowest BCUT2D eigenvalue weighted by Gasteiger charge is -2.25. The van der Waals surface area contributed by atoms with Gasteiger partial charge in [-0.05, 0) is 36.8 Å². The average Bonchev–Trinajstić information content (AvgIpc) is 2.87. The molecule has 1 aromatic heterocycles. The molecule has 1 aliphatic heterocycles. The molecule has 0 radical (unpaired) electrons. The molecule has 1 fully saturated rings. The van der Waals surface area contributed by atoms with Crippen molar-refractivity contribution < 1.29 is 4.39 Å². The molecule has 0 amide bonds. The lowest BCUT2D eigenvalue weighted by atomic mass is 10.2. The highest BCUT2D eigenvalue weighted by Gasteiger charge is 2.20. The topological polar surface area (TPSA) is 67.0 Å². The third kappa shape index (κ3) is 3.13. The Hall–Kier alpha value is -3.12. The second kappa shape index (κ2) is 6.97. The minimum atomic E-state index is -0.377. The maximum Gasteiger partial charge on any atom is 0.147 e. The van der Waals surface area contributed by atoms with Gasteiger partial charge < -0.3 is 9.80 Å². The van der Waals surface area contributed by atoms with Crippen molar-refractivity contribution in [2.24, 2.45) is 0 Å². The van der Waals surface area contributed by atoms with Gasteiger partial charge >= 0.3 is 0 Å². The van der Waals surface area contributed by atoms with E-state index in [1.165, 1.54) is 6.07 Å². The van der Waals surface area contributed by atoms with Gasteiger partial charge in [-0.1, -0.05) is 0 Å². The van der Waals surface area contributed by atoms with Gasteiger partial charge in [-0.2, -0.15) is 10.5 Å². The average molecular weight is 321 g/mol. The van der Waals surface area contributed by atoms with E-state index in [4.69, 9.17) is 5.26 Å². The van der Waals surface area contributed by atoms with E-state index in [-0.39, 0.29) is 5.82 Å². The van der Waals surface area contributed by atoms with Crippen LogP contribution in [0, 0.1) is 28.5 Å². The lowest BCUT2D eigenvalue weighted by Crippen LogP contribution is -2.32. The smallest absolute Gasteiger partial charge is 0.147 e. The van der Waals surface area contributed by atoms with Crippen molar-refractivity contribution in [2.45, 2.75) is 6.42 Å². The van der Waals surface area contributed by atoms with Crippen molar-refractivity contribution in [3.63, 3.8) is 0 Å². The van der Waals surface area contributed by atoms with Crippen LogP contribution in [0.4, 0.5) is 15.9 Å². The molecule has 1 saturated heterocycles. The highest BCUT2D eigenvalue weighted by Crippen LogP contribution is 2.24. The molecule has 0 spiro atoms. The number of rotatable bonds is 2. The van der Waals surface area contributed by atoms with Crippen molar-refractivity contribution in [1.29, 1.82) is 10.5 Å². The number of hydrogen-bond acceptors (Lipinski definition) is 5. The summed E-state index contributed by atoms with van der Waals surface area (Å²) in [5.41, 5.74) is 1.38. The first kappa shape index (κ1) is 15.8. The predicted molar refractivity (Wildman–Crippen MR) is 89.1 cm³/mol. The predicted octanol–water partition coefficient (Wildman–Crippen LogP) is 2.68. The van der Waals surface area contributed by atoms with Gasteiger partial charge in [0.15, 0.2) is 0 Å². The first-order valence-electron chi connectivity index (χ1n) is 7.77. The molecule has 5 nitrogen and oxygen atoms in total. The van der Waals surface area contributed by atoms with Gasteiger partial charge in [-0.3, -0.25) is 0 Å². The van der Waals surface area contributed by atoms with E-state index in [0.29, 0.717) is 42.3 Å². The van der Waals surface area contributed by atoms with E-state index in [1.807, 2.05) is 11.0 Å². The third-order valence-electron chi connectivity index (χ3n) is 4.12. The van der Waals surface area contributed by atoms with Crippen molar-refractivity contribution >= 4 is 11.5 Å².